The molecule has 0 saturated carbocycles. The van der Waals surface area contributed by atoms with E-state index in [1.165, 1.54) is 238 Å². The van der Waals surface area contributed by atoms with Gasteiger partial charge in [0, 0.05) is 62.1 Å². The van der Waals surface area contributed by atoms with Gasteiger partial charge in [-0.1, -0.05) is 289 Å². The van der Waals surface area contributed by atoms with E-state index in [1.54, 1.807) is 11.1 Å². The lowest BCUT2D eigenvalue weighted by Gasteiger charge is -2.33. The van der Waals surface area contributed by atoms with Gasteiger partial charge in [-0.2, -0.15) is 0 Å². The van der Waals surface area contributed by atoms with E-state index >= 15 is 0 Å². The standard InChI is InChI=1S/C98H100N2/c1-7-13-19-25-31-41-63-97(64-42-32-26-20-14-8-2)89-49-39-37-47-81(89)83-57-51-79(73-91(83)97)77-55-61-95-87(71-77)85-69-75(53-59-93(85)99(95)67-45-35-29-23-17-11-5)76-54-60-94-86(70-76)88-72-78(56-62-96(88)100(94)68-46-36-30-24-18-12-6)80-52-58-84-82-48-38-40-50-90(82)98(92(84)74-80,65-43-33-27-21-15-9-3)66-44-34-28-22-16-10-4/h37-40,47-64,69-74H,1-2,9-12,15-18,21-24,27-30,33-36,43-46,65-68H2,3-6H3. The minimum Gasteiger partial charge on any atom is -0.340 e. The zero-order valence-corrected chi connectivity index (χ0v) is 60.3. The number of hydrogen-bond acceptors (Lipinski definition) is 0. The number of nitrogens with zero attached hydrogens (tertiary/aromatic N) is 2. The van der Waals surface area contributed by atoms with Crippen LogP contribution < -0.4 is 0 Å². The Labute approximate surface area is 597 Å². The number of benzene rings is 8. The van der Waals surface area contributed by atoms with E-state index < -0.39 is 5.41 Å². The lowest BCUT2D eigenvalue weighted by atomic mass is 9.70. The summed E-state index contributed by atoms with van der Waals surface area (Å²) in [5, 5.41) is 5.21. The highest BCUT2D eigenvalue weighted by Gasteiger charge is 2.43. The fourth-order valence-corrected chi connectivity index (χ4v) is 16.7. The van der Waals surface area contributed by atoms with Crippen LogP contribution in [0.5, 0.6) is 0 Å². The molecule has 2 nitrogen and oxygen atoms in total. The largest absolute Gasteiger partial charge is 0.340 e. The first-order valence-electron chi connectivity index (χ1n) is 38.3. The molecule has 0 unspecified atom stereocenters. The van der Waals surface area contributed by atoms with E-state index in [0.717, 1.165) is 52.9 Å². The second kappa shape index (κ2) is 34.3. The third kappa shape index (κ3) is 15.2. The molecule has 0 bridgehead atoms. The van der Waals surface area contributed by atoms with E-state index in [2.05, 4.69) is 276 Å². The van der Waals surface area contributed by atoms with Crippen LogP contribution >= 0.6 is 0 Å². The molecule has 0 radical (unpaired) electrons. The number of hydrogen-bond donors (Lipinski definition) is 0. The second-order valence-electron chi connectivity index (χ2n) is 28.3. The van der Waals surface area contributed by atoms with Gasteiger partial charge in [-0.3, -0.25) is 0 Å². The van der Waals surface area contributed by atoms with Crippen molar-refractivity contribution in [2.24, 2.45) is 0 Å². The minimum absolute atomic E-state index is 0.0246. The van der Waals surface area contributed by atoms with Gasteiger partial charge < -0.3 is 9.13 Å². The summed E-state index contributed by atoms with van der Waals surface area (Å²) in [6, 6.07) is 61.8. The zero-order chi connectivity index (χ0) is 68.9. The van der Waals surface area contributed by atoms with Crippen molar-refractivity contribution in [1.82, 2.24) is 9.13 Å². The van der Waals surface area contributed by atoms with Crippen LogP contribution in [-0.4, -0.2) is 9.13 Å². The van der Waals surface area contributed by atoms with E-state index in [4.69, 9.17) is 0 Å². The molecule has 0 amide bonds. The fourth-order valence-electron chi connectivity index (χ4n) is 16.7. The maximum absolute atomic E-state index is 3.60. The van der Waals surface area contributed by atoms with Crippen molar-refractivity contribution in [2.45, 2.75) is 219 Å². The van der Waals surface area contributed by atoms with Crippen LogP contribution in [0.15, 0.2) is 252 Å². The Morgan fingerprint density at radius 3 is 1.04 bits per heavy atom. The Morgan fingerprint density at radius 1 is 0.300 bits per heavy atom. The van der Waals surface area contributed by atoms with Crippen molar-refractivity contribution in [2.75, 3.05) is 0 Å². The predicted molar refractivity (Wildman–Crippen MR) is 426 cm³/mol. The monoisotopic (exact) mass is 1300 g/mol. The second-order valence-corrected chi connectivity index (χ2v) is 28.3. The van der Waals surface area contributed by atoms with Crippen molar-refractivity contribution in [1.29, 1.82) is 0 Å². The third-order valence-electron chi connectivity index (χ3n) is 21.8. The summed E-state index contributed by atoms with van der Waals surface area (Å²) < 4.78 is 5.25. The van der Waals surface area contributed by atoms with Crippen molar-refractivity contribution in [3.05, 3.63) is 274 Å². The Morgan fingerprint density at radius 2 is 0.620 bits per heavy atom. The molecule has 502 valence electrons. The number of rotatable bonds is 33. The maximum atomic E-state index is 3.60. The molecular weight excluding hydrogens is 1210 g/mol. The van der Waals surface area contributed by atoms with Crippen molar-refractivity contribution < 1.29 is 0 Å². The molecule has 12 rings (SSSR count). The molecule has 0 saturated heterocycles. The lowest BCUT2D eigenvalue weighted by molar-refractivity contribution is 0.398. The quantitative estimate of drug-likeness (QED) is 0.0287. The molecule has 2 aliphatic rings. The van der Waals surface area contributed by atoms with Gasteiger partial charge in [-0.05, 0) is 235 Å². The highest BCUT2D eigenvalue weighted by molar-refractivity contribution is 6.13. The maximum Gasteiger partial charge on any atom is 0.0735 e. The van der Waals surface area contributed by atoms with Crippen molar-refractivity contribution in [3.8, 4) is 55.6 Å². The Hall–Kier alpha value is -9.80. The van der Waals surface area contributed by atoms with Crippen LogP contribution in [0.4, 0.5) is 0 Å². The predicted octanol–water partition coefficient (Wildman–Crippen LogP) is 27.9. The average Bonchev–Trinajstić information content (AvgIpc) is 1.57. The summed E-state index contributed by atoms with van der Waals surface area (Å²) in [4.78, 5) is 0. The molecule has 0 N–H and O–H groups in total. The number of allylic oxidation sites excluding steroid dienone is 2. The minimum atomic E-state index is -0.780. The summed E-state index contributed by atoms with van der Waals surface area (Å²) in [6.45, 7) is 18.5. The number of unbranched alkanes of at least 4 members (excludes halogenated alkanes) is 20. The van der Waals surface area contributed by atoms with Crippen LogP contribution in [0.1, 0.15) is 217 Å². The SMILES string of the molecule is C=C=C=C=C=C=C=CC1(C=C=C=C=C=C=C=C)c2ccccc2-c2ccc(-c3ccc4c(c3)c3cc(-c5ccc6c(c5)c5cc(-c7ccc8c(c7)C(CCCCCCCC)(CCCCCCCC)c7ccccc7-8)ccc5n6CCCCCCCC)ccc3n4CCCCCCCC)cc21. The molecule has 2 aliphatic carbocycles. The summed E-state index contributed by atoms with van der Waals surface area (Å²) in [6.07, 6.45) is 37.4. The van der Waals surface area contributed by atoms with Crippen LogP contribution in [0.2, 0.25) is 0 Å². The first-order chi connectivity index (χ1) is 49.4. The van der Waals surface area contributed by atoms with Gasteiger partial charge in [-0.25, -0.2) is 0 Å². The molecule has 8 aromatic carbocycles. The molecule has 0 fully saturated rings. The number of fused-ring (bicyclic) bond motifs is 12. The fraction of sp³-hybridized carbons (Fsp3) is 0.347. The highest BCUT2D eigenvalue weighted by Crippen LogP contribution is 2.56. The Kier molecular flexibility index (Phi) is 24.0. The first kappa shape index (κ1) is 70.1. The number of aromatic nitrogens is 2. The first-order valence-corrected chi connectivity index (χ1v) is 38.3. The van der Waals surface area contributed by atoms with E-state index in [1.807, 2.05) is 12.2 Å². The van der Waals surface area contributed by atoms with Gasteiger partial charge in [0.1, 0.15) is 0 Å². The van der Waals surface area contributed by atoms with Crippen molar-refractivity contribution >= 4 is 43.6 Å². The Balaban J connectivity index is 0.972. The topological polar surface area (TPSA) is 9.86 Å². The van der Waals surface area contributed by atoms with Crippen LogP contribution in [0.3, 0.4) is 0 Å². The van der Waals surface area contributed by atoms with Gasteiger partial charge in [0.25, 0.3) is 0 Å². The van der Waals surface area contributed by atoms with Crippen molar-refractivity contribution in [3.63, 3.8) is 0 Å². The smallest absolute Gasteiger partial charge is 0.0735 e. The summed E-state index contributed by atoms with van der Waals surface area (Å²) in [5.41, 5.74) is 57.0. The molecule has 0 atom stereocenters. The van der Waals surface area contributed by atoms with E-state index in [9.17, 15) is 0 Å². The third-order valence-corrected chi connectivity index (χ3v) is 21.8. The highest BCUT2D eigenvalue weighted by atomic mass is 15.0. The molecule has 2 heteroatoms. The molecule has 100 heavy (non-hydrogen) atoms. The van der Waals surface area contributed by atoms with Gasteiger partial charge in [0.2, 0.25) is 0 Å². The van der Waals surface area contributed by atoms with Gasteiger partial charge in [0.15, 0.2) is 0 Å². The molecular formula is C98H100N2. The number of aryl methyl sites for hydroxylation is 2. The van der Waals surface area contributed by atoms with Crippen LogP contribution in [0.25, 0.3) is 99.2 Å². The summed E-state index contributed by atoms with van der Waals surface area (Å²) in [7, 11) is 0. The molecule has 10 aromatic rings. The normalized spacial score (nSPS) is 13.4. The molecule has 2 heterocycles. The summed E-state index contributed by atoms with van der Waals surface area (Å²) in [5.74, 6) is 0. The lowest BCUT2D eigenvalue weighted by Crippen LogP contribution is -2.25. The van der Waals surface area contributed by atoms with Gasteiger partial charge in [0.05, 0.1) is 5.41 Å². The van der Waals surface area contributed by atoms with Crippen LogP contribution in [0, 0.1) is 0 Å². The van der Waals surface area contributed by atoms with E-state index in [0.29, 0.717) is 0 Å². The Bertz CT molecular complexity index is 5030. The van der Waals surface area contributed by atoms with E-state index in [-0.39, 0.29) is 5.41 Å². The zero-order valence-electron chi connectivity index (χ0n) is 60.3. The molecule has 0 aliphatic heterocycles. The van der Waals surface area contributed by atoms with Crippen LogP contribution in [-0.2, 0) is 23.9 Å². The van der Waals surface area contributed by atoms with Gasteiger partial charge >= 0.3 is 0 Å². The molecule has 2 aromatic heterocycles. The average molecular weight is 1310 g/mol. The molecule has 0 spiro atoms. The summed E-state index contributed by atoms with van der Waals surface area (Å²) >= 11 is 0. The van der Waals surface area contributed by atoms with Gasteiger partial charge in [-0.15, -0.1) is 0 Å².